The average Bonchev–Trinajstić information content (AvgIpc) is 3.86. The molecular formula is C72H62N4. The molecule has 0 radical (unpaired) electrons. The molecule has 0 N–H and O–H groups in total. The summed E-state index contributed by atoms with van der Waals surface area (Å²) in [5.41, 5.74) is 33.2. The van der Waals surface area contributed by atoms with Gasteiger partial charge in [0.25, 0.3) is 0 Å². The predicted octanol–water partition coefficient (Wildman–Crippen LogP) is 19.2. The van der Waals surface area contributed by atoms with Crippen molar-refractivity contribution in [2.75, 3.05) is 0 Å². The molecule has 0 amide bonds. The van der Waals surface area contributed by atoms with Crippen LogP contribution in [0.1, 0.15) is 72.3 Å². The highest BCUT2D eigenvalue weighted by Gasteiger charge is 2.25. The summed E-state index contributed by atoms with van der Waals surface area (Å²) in [7, 11) is 0. The van der Waals surface area contributed by atoms with Gasteiger partial charge in [-0.1, -0.05) is 119 Å². The number of hydrogen-bond acceptors (Lipinski definition) is 2. The number of nitriles is 1. The molecule has 3 aromatic heterocycles. The molecule has 0 aliphatic rings. The molecular weight excluding hydrogens is 921 g/mol. The Kier molecular flexibility index (Phi) is 11.6. The molecule has 0 fully saturated rings. The molecule has 0 unspecified atom stereocenters. The van der Waals surface area contributed by atoms with Crippen LogP contribution in [-0.4, -0.2) is 14.1 Å². The Bertz CT molecular complexity index is 4150. The van der Waals surface area contributed by atoms with Crippen LogP contribution in [0.2, 0.25) is 0 Å². The summed E-state index contributed by atoms with van der Waals surface area (Å²) >= 11 is 0. The van der Waals surface area contributed by atoms with Crippen LogP contribution in [0.5, 0.6) is 0 Å². The summed E-state index contributed by atoms with van der Waals surface area (Å²) in [6.07, 6.45) is 3.64. The monoisotopic (exact) mass is 982 g/mol. The first-order chi connectivity index (χ1) is 36.6. The highest BCUT2D eigenvalue weighted by atomic mass is 15.1. The second-order valence-electron chi connectivity index (χ2n) is 21.9. The molecule has 4 heteroatoms. The van der Waals surface area contributed by atoms with Gasteiger partial charge >= 0.3 is 0 Å². The average molecular weight is 983 g/mol. The first-order valence-corrected chi connectivity index (χ1v) is 26.6. The van der Waals surface area contributed by atoms with E-state index in [4.69, 9.17) is 0 Å². The third kappa shape index (κ3) is 7.84. The topological polar surface area (TPSA) is 46.5 Å². The standard InChI is InChI=1S/C72H62N4/c1-40-25-44(5)69(45(6)26-40)53-13-17-58-59-18-14-54(70-46(7)27-41(2)28-47(70)8)34-64(59)75(63(58)33-53)67-37-57(39-73)62(52-21-23-74-24-22-52)38-68(67)76-65-35-55(71-48(9)29-42(3)30-49(71)10)15-19-60(65)61-20-16-56(36-66(61)76)72-50(11)31-43(4)32-51(72)12/h13-38H,1-12H3. The number of pyridine rings is 1. The molecule has 4 nitrogen and oxygen atoms in total. The van der Waals surface area contributed by atoms with Gasteiger partial charge in [0.05, 0.1) is 45.1 Å². The second kappa shape index (κ2) is 18.3. The van der Waals surface area contributed by atoms with Crippen molar-refractivity contribution in [1.82, 2.24) is 14.1 Å². The fraction of sp³-hybridized carbons (Fsp3) is 0.167. The van der Waals surface area contributed by atoms with Gasteiger partial charge in [0, 0.05) is 39.5 Å². The van der Waals surface area contributed by atoms with Crippen molar-refractivity contribution in [3.8, 4) is 73.1 Å². The molecule has 12 aromatic rings. The zero-order chi connectivity index (χ0) is 53.0. The quantitative estimate of drug-likeness (QED) is 0.160. The number of hydrogen-bond donors (Lipinski definition) is 0. The van der Waals surface area contributed by atoms with E-state index in [1.165, 1.54) is 100 Å². The molecule has 0 saturated carbocycles. The largest absolute Gasteiger partial charge is 0.307 e. The van der Waals surface area contributed by atoms with Crippen molar-refractivity contribution in [3.05, 3.63) is 230 Å². The van der Waals surface area contributed by atoms with Crippen molar-refractivity contribution in [1.29, 1.82) is 5.26 Å². The molecule has 76 heavy (non-hydrogen) atoms. The summed E-state index contributed by atoms with van der Waals surface area (Å²) in [5, 5.41) is 16.0. The third-order valence-corrected chi connectivity index (χ3v) is 16.1. The van der Waals surface area contributed by atoms with Crippen LogP contribution in [-0.2, 0) is 0 Å². The van der Waals surface area contributed by atoms with Gasteiger partial charge in [-0.3, -0.25) is 4.98 Å². The van der Waals surface area contributed by atoms with E-state index in [1.807, 2.05) is 24.5 Å². The van der Waals surface area contributed by atoms with E-state index in [1.54, 1.807) is 0 Å². The Morgan fingerprint density at radius 2 is 0.592 bits per heavy atom. The van der Waals surface area contributed by atoms with Crippen LogP contribution in [0.4, 0.5) is 0 Å². The maximum Gasteiger partial charge on any atom is 0.0998 e. The number of aromatic nitrogens is 3. The van der Waals surface area contributed by atoms with E-state index in [2.05, 4.69) is 237 Å². The van der Waals surface area contributed by atoms with Gasteiger partial charge in [-0.05, 0) is 226 Å². The molecule has 12 rings (SSSR count). The molecule has 9 aromatic carbocycles. The second-order valence-corrected chi connectivity index (χ2v) is 21.9. The lowest BCUT2D eigenvalue weighted by atomic mass is 9.92. The lowest BCUT2D eigenvalue weighted by Gasteiger charge is -2.21. The minimum atomic E-state index is 0.585. The van der Waals surface area contributed by atoms with Gasteiger partial charge < -0.3 is 9.13 Å². The van der Waals surface area contributed by atoms with Crippen molar-refractivity contribution in [2.24, 2.45) is 0 Å². The van der Waals surface area contributed by atoms with Crippen LogP contribution < -0.4 is 0 Å². The summed E-state index contributed by atoms with van der Waals surface area (Å²) in [6, 6.07) is 57.6. The molecule has 0 atom stereocenters. The van der Waals surface area contributed by atoms with Gasteiger partial charge in [-0.2, -0.15) is 5.26 Å². The van der Waals surface area contributed by atoms with Gasteiger partial charge in [-0.15, -0.1) is 0 Å². The third-order valence-electron chi connectivity index (χ3n) is 16.1. The summed E-state index contributed by atoms with van der Waals surface area (Å²) < 4.78 is 4.97. The zero-order valence-corrected chi connectivity index (χ0v) is 45.8. The first kappa shape index (κ1) is 48.2. The van der Waals surface area contributed by atoms with E-state index >= 15 is 0 Å². The predicted molar refractivity (Wildman–Crippen MR) is 322 cm³/mol. The number of nitrogens with zero attached hydrogens (tertiary/aromatic N) is 4. The van der Waals surface area contributed by atoms with Crippen LogP contribution in [0.25, 0.3) is 111 Å². The maximum atomic E-state index is 11.4. The number of aryl methyl sites for hydroxylation is 12. The Labute approximate surface area is 447 Å². The highest BCUT2D eigenvalue weighted by Crippen LogP contribution is 2.46. The van der Waals surface area contributed by atoms with Crippen molar-refractivity contribution < 1.29 is 0 Å². The summed E-state index contributed by atoms with van der Waals surface area (Å²) in [6.45, 7) is 26.6. The van der Waals surface area contributed by atoms with Crippen molar-refractivity contribution in [2.45, 2.75) is 83.1 Å². The summed E-state index contributed by atoms with van der Waals surface area (Å²) in [5.74, 6) is 0. The van der Waals surface area contributed by atoms with Gasteiger partial charge in [0.2, 0.25) is 0 Å². The Morgan fingerprint density at radius 3 is 0.868 bits per heavy atom. The number of fused-ring (bicyclic) bond motifs is 6. The SMILES string of the molecule is Cc1cc(C)c(-c2ccc3c4ccc(-c5c(C)cc(C)cc5C)cc4n(-c4cc(C#N)c(-c5ccncc5)cc4-n4c5cc(-c6c(C)cc(C)cc6C)ccc5c5ccc(-c6c(C)cc(C)cc6C)cc54)c3c2)c(C)c1. The lowest BCUT2D eigenvalue weighted by molar-refractivity contribution is 1.09. The molecule has 370 valence electrons. The van der Waals surface area contributed by atoms with Crippen molar-refractivity contribution in [3.63, 3.8) is 0 Å². The Hall–Kier alpha value is -8.78. The summed E-state index contributed by atoms with van der Waals surface area (Å²) in [4.78, 5) is 4.43. The molecule has 0 aliphatic carbocycles. The maximum absolute atomic E-state index is 11.4. The normalized spacial score (nSPS) is 11.7. The minimum absolute atomic E-state index is 0.585. The Balaban J connectivity index is 1.28. The van der Waals surface area contributed by atoms with E-state index in [0.29, 0.717) is 5.56 Å². The van der Waals surface area contributed by atoms with Gasteiger partial charge in [0.1, 0.15) is 0 Å². The van der Waals surface area contributed by atoms with Crippen LogP contribution in [0, 0.1) is 94.4 Å². The van der Waals surface area contributed by atoms with Crippen LogP contribution in [0.3, 0.4) is 0 Å². The Morgan fingerprint density at radius 1 is 0.316 bits per heavy atom. The number of benzene rings is 9. The van der Waals surface area contributed by atoms with Crippen molar-refractivity contribution >= 4 is 43.6 Å². The van der Waals surface area contributed by atoms with Crippen LogP contribution in [0.15, 0.2) is 158 Å². The van der Waals surface area contributed by atoms with Gasteiger partial charge in [0.15, 0.2) is 0 Å². The van der Waals surface area contributed by atoms with E-state index in [9.17, 15) is 5.26 Å². The van der Waals surface area contributed by atoms with E-state index < -0.39 is 0 Å². The first-order valence-electron chi connectivity index (χ1n) is 26.6. The number of rotatable bonds is 7. The minimum Gasteiger partial charge on any atom is -0.307 e. The molecule has 0 saturated heterocycles. The van der Waals surface area contributed by atoms with E-state index in [0.717, 1.165) is 77.2 Å². The fourth-order valence-corrected chi connectivity index (χ4v) is 13.5. The van der Waals surface area contributed by atoms with Gasteiger partial charge in [-0.25, -0.2) is 0 Å². The fourth-order valence-electron chi connectivity index (χ4n) is 13.5. The molecule has 3 heterocycles. The smallest absolute Gasteiger partial charge is 0.0998 e. The lowest BCUT2D eigenvalue weighted by Crippen LogP contribution is -2.06. The zero-order valence-electron chi connectivity index (χ0n) is 45.8. The van der Waals surface area contributed by atoms with Crippen LogP contribution >= 0.6 is 0 Å². The molecule has 0 aliphatic heterocycles. The molecule has 0 spiro atoms. The highest BCUT2D eigenvalue weighted by molar-refractivity contribution is 6.14. The van der Waals surface area contributed by atoms with E-state index in [-0.39, 0.29) is 0 Å². The molecule has 0 bridgehead atoms.